The molecular weight excluding hydrogens is 203 g/mol. The normalized spacial score (nSPS) is 12.5. The van der Waals surface area contributed by atoms with Gasteiger partial charge in [-0.25, -0.2) is 9.18 Å². The highest BCUT2D eigenvalue weighted by Gasteiger charge is 2.19. The number of aliphatic hydroxyl groups excluding tert-OH is 1. The summed E-state index contributed by atoms with van der Waals surface area (Å²) in [7, 11) is 1.40. The van der Waals surface area contributed by atoms with Crippen molar-refractivity contribution in [2.75, 3.05) is 7.11 Å². The molecule has 0 saturated heterocycles. The SMILES string of the molecule is COCc1cc(F)ccc1C(O)C(=O)O. The van der Waals surface area contributed by atoms with Gasteiger partial charge in [-0.05, 0) is 23.3 Å². The zero-order valence-corrected chi connectivity index (χ0v) is 8.11. The Hall–Kier alpha value is -1.46. The summed E-state index contributed by atoms with van der Waals surface area (Å²) < 4.78 is 17.6. The number of carboxylic acid groups (broad SMARTS) is 1. The Morgan fingerprint density at radius 3 is 2.80 bits per heavy atom. The summed E-state index contributed by atoms with van der Waals surface area (Å²) in [6.45, 7) is 0.0530. The Morgan fingerprint density at radius 2 is 2.27 bits per heavy atom. The van der Waals surface area contributed by atoms with Crippen LogP contribution in [-0.4, -0.2) is 23.3 Å². The molecule has 2 N–H and O–H groups in total. The van der Waals surface area contributed by atoms with Crippen LogP contribution in [0, 0.1) is 5.82 Å². The van der Waals surface area contributed by atoms with Gasteiger partial charge in [0.25, 0.3) is 0 Å². The molecule has 5 heteroatoms. The van der Waals surface area contributed by atoms with Gasteiger partial charge in [0.2, 0.25) is 0 Å². The molecule has 0 aromatic heterocycles. The van der Waals surface area contributed by atoms with Gasteiger partial charge in [0.1, 0.15) is 5.82 Å². The molecule has 1 unspecified atom stereocenters. The molecule has 0 aliphatic heterocycles. The molecule has 0 bridgehead atoms. The average molecular weight is 214 g/mol. The number of rotatable bonds is 4. The Balaban J connectivity index is 3.10. The van der Waals surface area contributed by atoms with Crippen molar-refractivity contribution in [1.29, 1.82) is 0 Å². The summed E-state index contributed by atoms with van der Waals surface area (Å²) in [5.74, 6) is -1.87. The molecule has 1 aromatic rings. The average Bonchev–Trinajstić information content (AvgIpc) is 2.17. The molecule has 1 rings (SSSR count). The second-order valence-electron chi connectivity index (χ2n) is 3.02. The summed E-state index contributed by atoms with van der Waals surface area (Å²) in [6, 6.07) is 3.48. The number of benzene rings is 1. The van der Waals surface area contributed by atoms with E-state index in [4.69, 9.17) is 9.84 Å². The predicted octanol–water partition coefficient (Wildman–Crippen LogP) is 1.09. The second-order valence-corrected chi connectivity index (χ2v) is 3.02. The number of ether oxygens (including phenoxy) is 1. The van der Waals surface area contributed by atoms with Crippen molar-refractivity contribution >= 4 is 5.97 Å². The van der Waals surface area contributed by atoms with Gasteiger partial charge in [-0.15, -0.1) is 0 Å². The van der Waals surface area contributed by atoms with E-state index in [9.17, 15) is 14.3 Å². The summed E-state index contributed by atoms with van der Waals surface area (Å²) in [5.41, 5.74) is 0.471. The molecule has 1 atom stereocenters. The van der Waals surface area contributed by atoms with E-state index in [1.165, 1.54) is 13.2 Å². The summed E-state index contributed by atoms with van der Waals surface area (Å²) in [5, 5.41) is 17.9. The molecule has 15 heavy (non-hydrogen) atoms. The van der Waals surface area contributed by atoms with Crippen LogP contribution < -0.4 is 0 Å². The third-order valence-corrected chi connectivity index (χ3v) is 1.93. The number of carbonyl (C=O) groups is 1. The summed E-state index contributed by atoms with van der Waals surface area (Å²) >= 11 is 0. The molecule has 0 fully saturated rings. The van der Waals surface area contributed by atoms with E-state index in [1.54, 1.807) is 0 Å². The van der Waals surface area contributed by atoms with Crippen molar-refractivity contribution < 1.29 is 24.1 Å². The predicted molar refractivity (Wildman–Crippen MR) is 49.7 cm³/mol. The minimum atomic E-state index is -1.66. The van der Waals surface area contributed by atoms with Crippen LogP contribution in [0.25, 0.3) is 0 Å². The molecule has 1 aromatic carbocycles. The zero-order chi connectivity index (χ0) is 11.4. The van der Waals surface area contributed by atoms with Crippen LogP contribution in [0.1, 0.15) is 17.2 Å². The minimum Gasteiger partial charge on any atom is -0.479 e. The molecule has 0 heterocycles. The molecule has 82 valence electrons. The molecule has 0 radical (unpaired) electrons. The number of hydrogen-bond donors (Lipinski definition) is 2. The van der Waals surface area contributed by atoms with Gasteiger partial charge in [0, 0.05) is 7.11 Å². The van der Waals surface area contributed by atoms with E-state index in [2.05, 4.69) is 0 Å². The lowest BCUT2D eigenvalue weighted by atomic mass is 10.0. The number of carboxylic acids is 1. The standard InChI is InChI=1S/C10H11FO4/c1-15-5-6-4-7(11)2-3-8(6)9(12)10(13)14/h2-4,9,12H,5H2,1H3,(H,13,14). The highest BCUT2D eigenvalue weighted by atomic mass is 19.1. The lowest BCUT2D eigenvalue weighted by Gasteiger charge is -2.11. The summed E-state index contributed by atoms with van der Waals surface area (Å²) in [6.07, 6.45) is -1.66. The monoisotopic (exact) mass is 214 g/mol. The fourth-order valence-corrected chi connectivity index (χ4v) is 1.25. The number of halogens is 1. The minimum absolute atomic E-state index is 0.0530. The third kappa shape index (κ3) is 2.74. The molecular formula is C10H11FO4. The van der Waals surface area contributed by atoms with Gasteiger partial charge in [0.15, 0.2) is 6.10 Å². The van der Waals surface area contributed by atoms with Crippen molar-refractivity contribution in [1.82, 2.24) is 0 Å². The van der Waals surface area contributed by atoms with Crippen LogP contribution in [0.3, 0.4) is 0 Å². The Labute approximate surface area is 85.9 Å². The lowest BCUT2D eigenvalue weighted by Crippen LogP contribution is -2.13. The van der Waals surface area contributed by atoms with Crippen LogP contribution in [0.4, 0.5) is 4.39 Å². The highest BCUT2D eigenvalue weighted by Crippen LogP contribution is 2.20. The van der Waals surface area contributed by atoms with Crippen LogP contribution in [0.5, 0.6) is 0 Å². The first-order valence-corrected chi connectivity index (χ1v) is 4.24. The number of aliphatic hydroxyl groups is 1. The molecule has 0 amide bonds. The van der Waals surface area contributed by atoms with Gasteiger partial charge in [0.05, 0.1) is 6.61 Å². The Bertz CT molecular complexity index is 364. The maximum atomic E-state index is 12.9. The number of aliphatic carboxylic acids is 1. The van der Waals surface area contributed by atoms with Gasteiger partial charge >= 0.3 is 5.97 Å². The van der Waals surface area contributed by atoms with E-state index >= 15 is 0 Å². The van der Waals surface area contributed by atoms with Gasteiger partial charge in [-0.3, -0.25) is 0 Å². The van der Waals surface area contributed by atoms with E-state index in [0.717, 1.165) is 12.1 Å². The first kappa shape index (κ1) is 11.6. The van der Waals surface area contributed by atoms with E-state index in [1.807, 2.05) is 0 Å². The second kappa shape index (κ2) is 4.86. The van der Waals surface area contributed by atoms with E-state index in [-0.39, 0.29) is 12.2 Å². The van der Waals surface area contributed by atoms with Crippen LogP contribution in [-0.2, 0) is 16.1 Å². The Kier molecular flexibility index (Phi) is 3.76. The molecule has 0 aliphatic rings. The molecule has 0 saturated carbocycles. The number of methoxy groups -OCH3 is 1. The maximum Gasteiger partial charge on any atom is 0.337 e. The zero-order valence-electron chi connectivity index (χ0n) is 8.11. The molecule has 4 nitrogen and oxygen atoms in total. The van der Waals surface area contributed by atoms with Crippen molar-refractivity contribution in [3.8, 4) is 0 Å². The van der Waals surface area contributed by atoms with Crippen LogP contribution in [0.15, 0.2) is 18.2 Å². The van der Waals surface area contributed by atoms with E-state index < -0.39 is 17.9 Å². The largest absolute Gasteiger partial charge is 0.479 e. The quantitative estimate of drug-likeness (QED) is 0.787. The van der Waals surface area contributed by atoms with Gasteiger partial charge in [-0.2, -0.15) is 0 Å². The van der Waals surface area contributed by atoms with Crippen molar-refractivity contribution in [2.24, 2.45) is 0 Å². The third-order valence-electron chi connectivity index (χ3n) is 1.93. The van der Waals surface area contributed by atoms with Crippen molar-refractivity contribution in [3.63, 3.8) is 0 Å². The van der Waals surface area contributed by atoms with Gasteiger partial charge < -0.3 is 14.9 Å². The fourth-order valence-electron chi connectivity index (χ4n) is 1.25. The van der Waals surface area contributed by atoms with E-state index in [0.29, 0.717) is 5.56 Å². The highest BCUT2D eigenvalue weighted by molar-refractivity contribution is 5.74. The topological polar surface area (TPSA) is 66.8 Å². The number of hydrogen-bond acceptors (Lipinski definition) is 3. The molecule has 0 spiro atoms. The van der Waals surface area contributed by atoms with Crippen LogP contribution in [0.2, 0.25) is 0 Å². The lowest BCUT2D eigenvalue weighted by molar-refractivity contribution is -0.147. The first-order chi connectivity index (χ1) is 7.06. The summed E-state index contributed by atoms with van der Waals surface area (Å²) in [4.78, 5) is 10.6. The van der Waals surface area contributed by atoms with Gasteiger partial charge in [-0.1, -0.05) is 6.07 Å². The van der Waals surface area contributed by atoms with Crippen molar-refractivity contribution in [2.45, 2.75) is 12.7 Å². The Morgan fingerprint density at radius 1 is 1.60 bits per heavy atom. The first-order valence-electron chi connectivity index (χ1n) is 4.24. The fraction of sp³-hybridized carbons (Fsp3) is 0.300. The maximum absolute atomic E-state index is 12.9. The van der Waals surface area contributed by atoms with Crippen molar-refractivity contribution in [3.05, 3.63) is 35.1 Å². The van der Waals surface area contributed by atoms with Crippen LogP contribution >= 0.6 is 0 Å². The smallest absolute Gasteiger partial charge is 0.337 e. The molecule has 0 aliphatic carbocycles.